The van der Waals surface area contributed by atoms with Gasteiger partial charge in [-0.25, -0.2) is 9.97 Å². The molecule has 3 rings (SSSR count). The molecule has 0 amide bonds. The van der Waals surface area contributed by atoms with E-state index in [9.17, 15) is 0 Å². The van der Waals surface area contributed by atoms with Crippen LogP contribution in [0.4, 0.5) is 5.95 Å². The average Bonchev–Trinajstić information content (AvgIpc) is 3.00. The van der Waals surface area contributed by atoms with Crippen LogP contribution in [0.2, 0.25) is 0 Å². The number of thiazole rings is 1. The fourth-order valence-corrected chi connectivity index (χ4v) is 3.17. The van der Waals surface area contributed by atoms with Crippen LogP contribution in [0.3, 0.4) is 0 Å². The van der Waals surface area contributed by atoms with Crippen molar-refractivity contribution in [2.24, 2.45) is 0 Å². The number of rotatable bonds is 3. The van der Waals surface area contributed by atoms with Crippen LogP contribution in [0.1, 0.15) is 22.9 Å². The number of hydrogen-bond acceptors (Lipinski definition) is 5. The zero-order valence-corrected chi connectivity index (χ0v) is 12.4. The molecule has 104 valence electrons. The molecule has 0 aliphatic heterocycles. The Hall–Kier alpha value is -2.08. The number of methoxy groups -OCH3 is 1. The van der Waals surface area contributed by atoms with Crippen LogP contribution in [0.25, 0.3) is 11.0 Å². The fourth-order valence-electron chi connectivity index (χ4n) is 2.36. The molecule has 2 N–H and O–H groups in total. The number of imidazole rings is 1. The first-order valence-electron chi connectivity index (χ1n) is 6.34. The van der Waals surface area contributed by atoms with Crippen molar-refractivity contribution in [3.63, 3.8) is 0 Å². The topological polar surface area (TPSA) is 66.0 Å². The number of nitrogens with two attached hydrogens (primary N) is 1. The lowest BCUT2D eigenvalue weighted by Crippen LogP contribution is -2.09. The van der Waals surface area contributed by atoms with Crippen molar-refractivity contribution in [3.8, 4) is 5.75 Å². The predicted octanol–water partition coefficient (Wildman–Crippen LogP) is 3.00. The summed E-state index contributed by atoms with van der Waals surface area (Å²) in [5.41, 5.74) is 7.84. The number of nitrogens with zero attached hydrogens (tertiary/aromatic N) is 3. The van der Waals surface area contributed by atoms with E-state index in [0.29, 0.717) is 5.95 Å². The quantitative estimate of drug-likeness (QED) is 0.804. The number of aromatic nitrogens is 3. The molecule has 0 spiro atoms. The van der Waals surface area contributed by atoms with E-state index >= 15 is 0 Å². The van der Waals surface area contributed by atoms with E-state index in [0.717, 1.165) is 21.8 Å². The first kappa shape index (κ1) is 12.9. The van der Waals surface area contributed by atoms with Gasteiger partial charge >= 0.3 is 0 Å². The van der Waals surface area contributed by atoms with E-state index in [-0.39, 0.29) is 6.04 Å². The van der Waals surface area contributed by atoms with Gasteiger partial charge in [0.05, 0.1) is 18.7 Å². The lowest BCUT2D eigenvalue weighted by atomic mass is 10.2. The molecule has 0 saturated heterocycles. The number of benzene rings is 1. The second kappa shape index (κ2) is 4.79. The first-order valence-corrected chi connectivity index (χ1v) is 7.16. The Labute approximate surface area is 121 Å². The molecule has 6 heteroatoms. The predicted molar refractivity (Wildman–Crippen MR) is 81.4 cm³/mol. The molecule has 0 aliphatic carbocycles. The summed E-state index contributed by atoms with van der Waals surface area (Å²) < 4.78 is 7.34. The van der Waals surface area contributed by atoms with E-state index in [4.69, 9.17) is 10.5 Å². The van der Waals surface area contributed by atoms with Gasteiger partial charge in [-0.2, -0.15) is 0 Å². The second-order valence-corrected chi connectivity index (χ2v) is 5.92. The molecule has 5 nitrogen and oxygen atoms in total. The number of nitrogen functional groups attached to an aromatic ring is 1. The number of para-hydroxylation sites is 1. The molecule has 3 aromatic rings. The molecule has 1 unspecified atom stereocenters. The minimum Gasteiger partial charge on any atom is -0.494 e. The smallest absolute Gasteiger partial charge is 0.202 e. The zero-order valence-electron chi connectivity index (χ0n) is 11.6. The SMILES string of the molecule is COc1cccc2c1nc(N)n2C(C)c1ncc(C)s1. The van der Waals surface area contributed by atoms with Gasteiger partial charge in [-0.05, 0) is 26.0 Å². The molecule has 1 atom stereocenters. The molecule has 0 fully saturated rings. The summed E-state index contributed by atoms with van der Waals surface area (Å²) >= 11 is 1.67. The van der Waals surface area contributed by atoms with E-state index in [1.54, 1.807) is 18.4 Å². The van der Waals surface area contributed by atoms with Crippen LogP contribution in [0.5, 0.6) is 5.75 Å². The molecule has 1 aromatic carbocycles. The Balaban J connectivity index is 2.18. The summed E-state index contributed by atoms with van der Waals surface area (Å²) in [6, 6.07) is 5.87. The van der Waals surface area contributed by atoms with Gasteiger partial charge in [-0.15, -0.1) is 11.3 Å². The standard InChI is InChI=1S/C14H16N4OS/c1-8-7-16-13(20-8)9(2)18-10-5-4-6-11(19-3)12(10)17-14(18)15/h4-7,9H,1-3H3,(H2,15,17). The highest BCUT2D eigenvalue weighted by molar-refractivity contribution is 7.11. The molecular formula is C14H16N4OS. The number of anilines is 1. The number of fused-ring (bicyclic) bond motifs is 1. The van der Waals surface area contributed by atoms with Crippen molar-refractivity contribution in [2.45, 2.75) is 19.9 Å². The highest BCUT2D eigenvalue weighted by Crippen LogP contribution is 2.32. The Morgan fingerprint density at radius 2 is 2.20 bits per heavy atom. The van der Waals surface area contributed by atoms with Crippen molar-refractivity contribution in [1.82, 2.24) is 14.5 Å². The Kier molecular flexibility index (Phi) is 3.10. The lowest BCUT2D eigenvalue weighted by Gasteiger charge is -2.13. The van der Waals surface area contributed by atoms with Crippen LogP contribution >= 0.6 is 11.3 Å². The van der Waals surface area contributed by atoms with Crippen molar-refractivity contribution >= 4 is 28.3 Å². The van der Waals surface area contributed by atoms with Crippen molar-refractivity contribution in [3.05, 3.63) is 34.3 Å². The zero-order chi connectivity index (χ0) is 14.3. The third kappa shape index (κ3) is 1.92. The first-order chi connectivity index (χ1) is 9.61. The largest absolute Gasteiger partial charge is 0.494 e. The average molecular weight is 288 g/mol. The molecule has 0 radical (unpaired) electrons. The van der Waals surface area contributed by atoms with E-state index in [1.165, 1.54) is 4.88 Å². The molecule has 2 heterocycles. The van der Waals surface area contributed by atoms with Gasteiger partial charge in [-0.3, -0.25) is 0 Å². The monoisotopic (exact) mass is 288 g/mol. The van der Waals surface area contributed by atoms with Crippen LogP contribution < -0.4 is 10.5 Å². The summed E-state index contributed by atoms with van der Waals surface area (Å²) in [5.74, 6) is 1.21. The van der Waals surface area contributed by atoms with Crippen molar-refractivity contribution in [1.29, 1.82) is 0 Å². The third-order valence-electron chi connectivity index (χ3n) is 3.31. The summed E-state index contributed by atoms with van der Waals surface area (Å²) in [5, 5.41) is 1.02. The van der Waals surface area contributed by atoms with Gasteiger partial charge in [0.25, 0.3) is 0 Å². The van der Waals surface area contributed by atoms with Gasteiger partial charge in [0.2, 0.25) is 5.95 Å². The summed E-state index contributed by atoms with van der Waals surface area (Å²) in [6.07, 6.45) is 1.88. The summed E-state index contributed by atoms with van der Waals surface area (Å²) in [4.78, 5) is 10.1. The van der Waals surface area contributed by atoms with Gasteiger partial charge in [0.1, 0.15) is 16.3 Å². The minimum absolute atomic E-state index is 0.0470. The second-order valence-electron chi connectivity index (χ2n) is 4.65. The Morgan fingerprint density at radius 3 is 2.85 bits per heavy atom. The van der Waals surface area contributed by atoms with Gasteiger partial charge in [0, 0.05) is 11.1 Å². The summed E-state index contributed by atoms with van der Waals surface area (Å²) in [7, 11) is 1.64. The molecule has 2 aromatic heterocycles. The van der Waals surface area contributed by atoms with E-state index in [1.807, 2.05) is 35.9 Å². The Morgan fingerprint density at radius 1 is 1.40 bits per heavy atom. The molecule has 0 bridgehead atoms. The van der Waals surface area contributed by atoms with Gasteiger partial charge in [0.15, 0.2) is 0 Å². The molecular weight excluding hydrogens is 272 g/mol. The van der Waals surface area contributed by atoms with Crippen LogP contribution in [0, 0.1) is 6.92 Å². The highest BCUT2D eigenvalue weighted by Gasteiger charge is 2.19. The maximum Gasteiger partial charge on any atom is 0.202 e. The lowest BCUT2D eigenvalue weighted by molar-refractivity contribution is 0.419. The molecule has 0 aliphatic rings. The molecule has 0 saturated carbocycles. The van der Waals surface area contributed by atoms with Gasteiger partial charge in [-0.1, -0.05) is 6.07 Å². The van der Waals surface area contributed by atoms with Crippen molar-refractivity contribution in [2.75, 3.05) is 12.8 Å². The fraction of sp³-hybridized carbons (Fsp3) is 0.286. The van der Waals surface area contributed by atoms with Crippen LogP contribution in [-0.2, 0) is 0 Å². The van der Waals surface area contributed by atoms with Crippen molar-refractivity contribution < 1.29 is 4.74 Å². The normalized spacial score (nSPS) is 12.8. The summed E-state index contributed by atoms with van der Waals surface area (Å²) in [6.45, 7) is 4.13. The van der Waals surface area contributed by atoms with E-state index in [2.05, 4.69) is 16.9 Å². The maximum absolute atomic E-state index is 6.10. The van der Waals surface area contributed by atoms with Gasteiger partial charge < -0.3 is 15.0 Å². The van der Waals surface area contributed by atoms with Crippen LogP contribution in [-0.4, -0.2) is 21.6 Å². The third-order valence-corrected chi connectivity index (χ3v) is 4.40. The molecule has 20 heavy (non-hydrogen) atoms. The highest BCUT2D eigenvalue weighted by atomic mass is 32.1. The minimum atomic E-state index is 0.0470. The van der Waals surface area contributed by atoms with Crippen LogP contribution in [0.15, 0.2) is 24.4 Å². The maximum atomic E-state index is 6.10. The number of hydrogen-bond donors (Lipinski definition) is 1. The number of ether oxygens (including phenoxy) is 1. The Bertz CT molecular complexity index is 762. The van der Waals surface area contributed by atoms with E-state index < -0.39 is 0 Å². The number of aryl methyl sites for hydroxylation is 1.